The molecule has 0 aliphatic carbocycles. The van der Waals surface area contributed by atoms with Crippen molar-refractivity contribution in [2.75, 3.05) is 0 Å². The highest BCUT2D eigenvalue weighted by molar-refractivity contribution is 9.10. The summed E-state index contributed by atoms with van der Waals surface area (Å²) in [7, 11) is 0. The van der Waals surface area contributed by atoms with Crippen molar-refractivity contribution in [3.63, 3.8) is 0 Å². The molecular weight excluding hydrogens is 298 g/mol. The van der Waals surface area contributed by atoms with Crippen molar-refractivity contribution in [3.8, 4) is 0 Å². The molecule has 0 fully saturated rings. The van der Waals surface area contributed by atoms with Gasteiger partial charge in [-0.2, -0.15) is 0 Å². The van der Waals surface area contributed by atoms with E-state index in [0.717, 1.165) is 27.0 Å². The van der Waals surface area contributed by atoms with E-state index in [1.54, 1.807) is 0 Å². The van der Waals surface area contributed by atoms with Crippen molar-refractivity contribution < 1.29 is 0 Å². The Labute approximate surface area is 123 Å². The van der Waals surface area contributed by atoms with Crippen LogP contribution in [-0.2, 0) is 0 Å². The van der Waals surface area contributed by atoms with Gasteiger partial charge in [-0.05, 0) is 58.6 Å². The molecule has 2 heteroatoms. The number of rotatable bonds is 5. The van der Waals surface area contributed by atoms with Gasteiger partial charge in [-0.1, -0.05) is 49.6 Å². The fourth-order valence-electron chi connectivity index (χ4n) is 1.66. The Balaban J connectivity index is 3.37. The summed E-state index contributed by atoms with van der Waals surface area (Å²) in [5.41, 5.74) is 4.04. The van der Waals surface area contributed by atoms with E-state index in [9.17, 15) is 0 Å². The van der Waals surface area contributed by atoms with E-state index in [2.05, 4.69) is 34.1 Å². The number of hydrogen-bond acceptors (Lipinski definition) is 1. The Morgan fingerprint density at radius 1 is 1.16 bits per heavy atom. The molecule has 1 heterocycles. The second kappa shape index (κ2) is 7.70. The van der Waals surface area contributed by atoms with E-state index in [-0.39, 0.29) is 0 Å². The predicted octanol–water partition coefficient (Wildman–Crippen LogP) is 5.58. The summed E-state index contributed by atoms with van der Waals surface area (Å²) >= 11 is 3.45. The molecule has 0 radical (unpaired) electrons. The summed E-state index contributed by atoms with van der Waals surface area (Å²) in [6.45, 7) is 11.6. The quantitative estimate of drug-likeness (QED) is 0.510. The summed E-state index contributed by atoms with van der Waals surface area (Å²) in [5.74, 6) is 0. The molecule has 1 aromatic heterocycles. The summed E-state index contributed by atoms with van der Waals surface area (Å²) in [5, 5.41) is 0. The van der Waals surface area contributed by atoms with Crippen LogP contribution in [0.1, 0.15) is 25.1 Å². The zero-order valence-corrected chi connectivity index (χ0v) is 12.9. The largest absolute Gasteiger partial charge is 0.241 e. The lowest BCUT2D eigenvalue weighted by molar-refractivity contribution is 1.22. The molecule has 0 bridgehead atoms. The van der Waals surface area contributed by atoms with Crippen molar-refractivity contribution in [3.05, 3.63) is 77.6 Å². The van der Waals surface area contributed by atoms with Gasteiger partial charge >= 0.3 is 0 Å². The highest BCUT2D eigenvalue weighted by Crippen LogP contribution is 2.24. The molecule has 0 amide bonds. The van der Waals surface area contributed by atoms with Crippen molar-refractivity contribution in [1.82, 2.24) is 4.98 Å². The van der Waals surface area contributed by atoms with Gasteiger partial charge in [0.1, 0.15) is 4.60 Å². The second-order valence-electron chi connectivity index (χ2n) is 3.86. The molecule has 0 saturated heterocycles. The highest BCUT2D eigenvalue weighted by atomic mass is 79.9. The first kappa shape index (κ1) is 15.4. The van der Waals surface area contributed by atoms with E-state index in [4.69, 9.17) is 0 Å². The molecule has 19 heavy (non-hydrogen) atoms. The molecule has 1 nitrogen and oxygen atoms in total. The molecule has 0 aliphatic heterocycles. The molecule has 0 aliphatic rings. The Morgan fingerprint density at radius 2 is 1.84 bits per heavy atom. The number of nitrogens with zero attached hydrogens (tertiary/aromatic N) is 1. The lowest BCUT2D eigenvalue weighted by Crippen LogP contribution is -1.92. The van der Waals surface area contributed by atoms with Crippen molar-refractivity contribution in [2.24, 2.45) is 0 Å². The van der Waals surface area contributed by atoms with Crippen LogP contribution in [0.25, 0.3) is 11.1 Å². The number of pyridine rings is 1. The summed E-state index contributed by atoms with van der Waals surface area (Å²) in [6, 6.07) is 4.02. The average molecular weight is 316 g/mol. The van der Waals surface area contributed by atoms with E-state index in [0.29, 0.717) is 0 Å². The van der Waals surface area contributed by atoms with Gasteiger partial charge in [-0.15, -0.1) is 0 Å². The number of allylic oxidation sites excluding steroid dienone is 8. The van der Waals surface area contributed by atoms with Crippen molar-refractivity contribution in [2.45, 2.75) is 13.8 Å². The van der Waals surface area contributed by atoms with Crippen molar-refractivity contribution >= 4 is 27.1 Å². The first-order valence-corrected chi connectivity index (χ1v) is 6.88. The first-order chi connectivity index (χ1) is 9.15. The molecule has 1 aromatic rings. The monoisotopic (exact) mass is 315 g/mol. The molecule has 0 N–H and O–H groups in total. The molecule has 0 unspecified atom stereocenters. The predicted molar refractivity (Wildman–Crippen MR) is 88.8 cm³/mol. The van der Waals surface area contributed by atoms with Gasteiger partial charge in [0.05, 0.1) is 5.69 Å². The summed E-state index contributed by atoms with van der Waals surface area (Å²) in [6.07, 6.45) is 11.7. The minimum atomic E-state index is 0.800. The standard InChI is InChI=1S/C17H18BrN/c1-5-9-10-14(8-4)15-11-16(13(6-2)7-3)19-17(18)12-15/h5-12H,2,4H2,1,3H3/b9-5-,13-7+,14-10+. The zero-order chi connectivity index (χ0) is 14.3. The Kier molecular flexibility index (Phi) is 6.23. The van der Waals surface area contributed by atoms with Gasteiger partial charge < -0.3 is 0 Å². The maximum absolute atomic E-state index is 4.47. The first-order valence-electron chi connectivity index (χ1n) is 6.08. The Hall–Kier alpha value is -1.67. The van der Waals surface area contributed by atoms with Gasteiger partial charge in [0.15, 0.2) is 0 Å². The van der Waals surface area contributed by atoms with Gasteiger partial charge in [-0.25, -0.2) is 4.98 Å². The van der Waals surface area contributed by atoms with Crippen LogP contribution in [0.5, 0.6) is 0 Å². The Bertz CT molecular complexity index is 563. The van der Waals surface area contributed by atoms with Crippen LogP contribution in [0.15, 0.2) is 66.3 Å². The molecule has 0 spiro atoms. The van der Waals surface area contributed by atoms with E-state index in [1.165, 1.54) is 0 Å². The fourth-order valence-corrected chi connectivity index (χ4v) is 2.10. The zero-order valence-electron chi connectivity index (χ0n) is 11.4. The molecule has 0 saturated carbocycles. The maximum Gasteiger partial charge on any atom is 0.107 e. The van der Waals surface area contributed by atoms with Crippen LogP contribution in [0.2, 0.25) is 0 Å². The van der Waals surface area contributed by atoms with Gasteiger partial charge in [0, 0.05) is 0 Å². The number of hydrogen-bond donors (Lipinski definition) is 0. The average Bonchev–Trinajstić information content (AvgIpc) is 2.40. The van der Waals surface area contributed by atoms with Crippen LogP contribution in [0, 0.1) is 0 Å². The van der Waals surface area contributed by atoms with E-state index >= 15 is 0 Å². The van der Waals surface area contributed by atoms with Crippen molar-refractivity contribution in [1.29, 1.82) is 0 Å². The van der Waals surface area contributed by atoms with E-state index in [1.807, 2.05) is 62.4 Å². The Morgan fingerprint density at radius 3 is 2.37 bits per heavy atom. The number of aromatic nitrogens is 1. The minimum absolute atomic E-state index is 0.800. The normalized spacial score (nSPS) is 12.8. The minimum Gasteiger partial charge on any atom is -0.241 e. The third-order valence-corrected chi connectivity index (χ3v) is 3.05. The smallest absolute Gasteiger partial charge is 0.107 e. The van der Waals surface area contributed by atoms with Crippen LogP contribution in [-0.4, -0.2) is 4.98 Å². The lowest BCUT2D eigenvalue weighted by atomic mass is 10.0. The molecule has 1 rings (SSSR count). The molecule has 98 valence electrons. The highest BCUT2D eigenvalue weighted by Gasteiger charge is 2.05. The van der Waals surface area contributed by atoms with E-state index < -0.39 is 0 Å². The third kappa shape index (κ3) is 4.18. The van der Waals surface area contributed by atoms with Gasteiger partial charge in [-0.3, -0.25) is 0 Å². The third-order valence-electron chi connectivity index (χ3n) is 2.64. The summed E-state index contributed by atoms with van der Waals surface area (Å²) < 4.78 is 0.800. The van der Waals surface area contributed by atoms with Crippen LogP contribution < -0.4 is 0 Å². The molecule has 0 atom stereocenters. The SMILES string of the molecule is C=C/C(=C\C=C/C)c1cc(Br)nc(/C(C=C)=C/C)c1. The summed E-state index contributed by atoms with van der Waals surface area (Å²) in [4.78, 5) is 4.47. The van der Waals surface area contributed by atoms with Gasteiger partial charge in [0.25, 0.3) is 0 Å². The second-order valence-corrected chi connectivity index (χ2v) is 4.68. The topological polar surface area (TPSA) is 12.9 Å². The molecular formula is C17H18BrN. The van der Waals surface area contributed by atoms with Crippen LogP contribution in [0.3, 0.4) is 0 Å². The molecule has 0 aromatic carbocycles. The maximum atomic E-state index is 4.47. The number of halogens is 1. The fraction of sp³-hybridized carbons (Fsp3) is 0.118. The van der Waals surface area contributed by atoms with Crippen LogP contribution in [0.4, 0.5) is 0 Å². The van der Waals surface area contributed by atoms with Gasteiger partial charge in [0.2, 0.25) is 0 Å². The van der Waals surface area contributed by atoms with Crippen LogP contribution >= 0.6 is 15.9 Å². The lowest BCUT2D eigenvalue weighted by Gasteiger charge is -2.07.